The Morgan fingerprint density at radius 2 is 1.56 bits per heavy atom. The molecule has 1 aromatic carbocycles. The molecule has 5 nitrogen and oxygen atoms in total. The van der Waals surface area contributed by atoms with Crippen LogP contribution in [0.15, 0.2) is 57.8 Å². The molecule has 0 N–H and O–H groups in total. The van der Waals surface area contributed by atoms with Crippen LogP contribution < -0.4 is 0 Å². The maximum absolute atomic E-state index is 14.0. The van der Waals surface area contributed by atoms with Crippen molar-refractivity contribution >= 4 is 43.9 Å². The van der Waals surface area contributed by atoms with E-state index in [4.69, 9.17) is 8.85 Å². The first-order valence-corrected chi connectivity index (χ1v) is 24.6. The van der Waals surface area contributed by atoms with Crippen LogP contribution in [0.5, 0.6) is 0 Å². The van der Waals surface area contributed by atoms with E-state index in [0.29, 0.717) is 30.8 Å². The molecule has 1 heterocycles. The molecule has 1 aromatic heterocycles. The van der Waals surface area contributed by atoms with Gasteiger partial charge in [0, 0.05) is 12.0 Å². The first-order valence-electron chi connectivity index (χ1n) is 16.3. The van der Waals surface area contributed by atoms with Gasteiger partial charge in [-0.05, 0) is 106 Å². The fourth-order valence-corrected chi connectivity index (χ4v) is 9.63. The molecule has 9 heteroatoms. The third-order valence-corrected chi connectivity index (χ3v) is 21.6. The standard InChI is InChI=1S/C36H61NO4S2Si2/c1-27(20-21-34(41-45(13,14)36(8,9)10)29(3)24-31-26-42-30(4)37-31)22-33(43(38,39)32-18-16-15-17-19-32)23-28(2)25-40-44(11,12)35(5,6)7/h15-20,24,26,28,33-34H,21-23,25H2,1-14H3/b27-20+,29-24+. The number of hydrogen-bond acceptors (Lipinski definition) is 6. The summed E-state index contributed by atoms with van der Waals surface area (Å²) in [5.74, 6) is 0.108. The average molecular weight is 692 g/mol. The second-order valence-electron chi connectivity index (χ2n) is 15.9. The third kappa shape index (κ3) is 11.7. The Bertz CT molecular complexity index is 1400. The van der Waals surface area contributed by atoms with Crippen molar-refractivity contribution in [3.8, 4) is 0 Å². The Kier molecular flexibility index (Phi) is 13.9. The SMILES string of the molecule is C/C(=C\CC(O[Si](C)(C)C(C)(C)C)/C(C)=C/c1csc(C)n1)CC(CC(C)CO[Si](C)(C)C(C)(C)C)S(=O)(=O)c1ccccc1. The quantitative estimate of drug-likeness (QED) is 0.137. The molecule has 0 spiro atoms. The normalized spacial score (nSPS) is 16.5. The minimum Gasteiger partial charge on any atom is -0.417 e. The van der Waals surface area contributed by atoms with Crippen molar-refractivity contribution in [3.05, 3.63) is 63.6 Å². The number of sulfone groups is 1. The Morgan fingerprint density at radius 1 is 0.978 bits per heavy atom. The Hall–Kier alpha value is -1.37. The van der Waals surface area contributed by atoms with Gasteiger partial charge in [0.05, 0.1) is 27.0 Å². The Labute approximate surface area is 282 Å². The van der Waals surface area contributed by atoms with Crippen LogP contribution in [0.1, 0.15) is 92.3 Å². The molecule has 0 radical (unpaired) electrons. The molecule has 0 fully saturated rings. The van der Waals surface area contributed by atoms with Crippen LogP contribution in [-0.4, -0.2) is 48.0 Å². The third-order valence-electron chi connectivity index (χ3n) is 9.70. The molecule has 0 aliphatic carbocycles. The summed E-state index contributed by atoms with van der Waals surface area (Å²) in [6, 6.07) is 8.90. The lowest BCUT2D eigenvalue weighted by atomic mass is 10.00. The lowest BCUT2D eigenvalue weighted by Gasteiger charge is -2.39. The lowest BCUT2D eigenvalue weighted by Crippen LogP contribution is -2.44. The highest BCUT2D eigenvalue weighted by atomic mass is 32.2. The number of thiazole rings is 1. The van der Waals surface area contributed by atoms with Crippen LogP contribution in [0.4, 0.5) is 0 Å². The van der Waals surface area contributed by atoms with Gasteiger partial charge in [-0.25, -0.2) is 13.4 Å². The van der Waals surface area contributed by atoms with Crippen LogP contribution in [0.25, 0.3) is 6.08 Å². The predicted octanol–water partition coefficient (Wildman–Crippen LogP) is 10.9. The fraction of sp³-hybridized carbons (Fsp3) is 0.639. The topological polar surface area (TPSA) is 65.5 Å². The van der Waals surface area contributed by atoms with E-state index in [1.54, 1.807) is 35.6 Å². The highest BCUT2D eigenvalue weighted by Crippen LogP contribution is 2.39. The fourth-order valence-electron chi connectivity index (χ4n) is 4.59. The number of nitrogens with zero attached hydrogens (tertiary/aromatic N) is 1. The molecule has 0 aliphatic heterocycles. The van der Waals surface area contributed by atoms with E-state index >= 15 is 0 Å². The molecule has 3 atom stereocenters. The summed E-state index contributed by atoms with van der Waals surface area (Å²) in [5.41, 5.74) is 3.17. The maximum Gasteiger partial charge on any atom is 0.192 e. The van der Waals surface area contributed by atoms with E-state index < -0.39 is 31.7 Å². The largest absolute Gasteiger partial charge is 0.417 e. The van der Waals surface area contributed by atoms with E-state index in [1.165, 1.54) is 0 Å². The number of hydrogen-bond donors (Lipinski definition) is 0. The van der Waals surface area contributed by atoms with Crippen molar-refractivity contribution in [1.82, 2.24) is 4.98 Å². The van der Waals surface area contributed by atoms with Crippen molar-refractivity contribution in [3.63, 3.8) is 0 Å². The molecule has 0 aliphatic rings. The second-order valence-corrected chi connectivity index (χ2v) is 28.8. The molecule has 254 valence electrons. The van der Waals surface area contributed by atoms with Gasteiger partial charge < -0.3 is 8.85 Å². The van der Waals surface area contributed by atoms with Crippen LogP contribution in [0.2, 0.25) is 36.3 Å². The molecular formula is C36H61NO4S2Si2. The second kappa shape index (κ2) is 15.7. The van der Waals surface area contributed by atoms with Crippen LogP contribution in [0.3, 0.4) is 0 Å². The smallest absolute Gasteiger partial charge is 0.192 e. The lowest BCUT2D eigenvalue weighted by molar-refractivity contribution is 0.217. The molecule has 0 bridgehead atoms. The summed E-state index contributed by atoms with van der Waals surface area (Å²) in [5, 5.41) is 2.76. The highest BCUT2D eigenvalue weighted by Gasteiger charge is 2.40. The van der Waals surface area contributed by atoms with Gasteiger partial charge in [0.25, 0.3) is 0 Å². The monoisotopic (exact) mass is 691 g/mol. The van der Waals surface area contributed by atoms with Gasteiger partial charge in [0.1, 0.15) is 0 Å². The van der Waals surface area contributed by atoms with Crippen molar-refractivity contribution < 1.29 is 17.3 Å². The minimum absolute atomic E-state index is 0.0684. The Morgan fingerprint density at radius 3 is 2.07 bits per heavy atom. The van der Waals surface area contributed by atoms with Gasteiger partial charge in [0.2, 0.25) is 0 Å². The number of allylic oxidation sites excluding steroid dienone is 1. The van der Waals surface area contributed by atoms with Gasteiger partial charge >= 0.3 is 0 Å². The molecule has 45 heavy (non-hydrogen) atoms. The first kappa shape index (κ1) is 39.8. The minimum atomic E-state index is -3.54. The first-order chi connectivity index (χ1) is 20.5. The molecule has 0 amide bonds. The number of benzene rings is 1. The molecule has 3 unspecified atom stereocenters. The molecule has 2 aromatic rings. The zero-order valence-electron chi connectivity index (χ0n) is 30.6. The maximum atomic E-state index is 14.0. The van der Waals surface area contributed by atoms with Gasteiger partial charge in [-0.2, -0.15) is 0 Å². The Balaban J connectivity index is 2.37. The zero-order chi connectivity index (χ0) is 34.4. The van der Waals surface area contributed by atoms with Crippen LogP contribution >= 0.6 is 11.3 Å². The van der Waals surface area contributed by atoms with Gasteiger partial charge in [0.15, 0.2) is 26.5 Å². The van der Waals surface area contributed by atoms with Crippen molar-refractivity contribution in [1.29, 1.82) is 0 Å². The summed E-state index contributed by atoms with van der Waals surface area (Å²) < 4.78 is 41.5. The van der Waals surface area contributed by atoms with Crippen molar-refractivity contribution in [2.24, 2.45) is 5.92 Å². The zero-order valence-corrected chi connectivity index (χ0v) is 34.2. The van der Waals surface area contributed by atoms with Crippen LogP contribution in [0, 0.1) is 12.8 Å². The van der Waals surface area contributed by atoms with Gasteiger partial charge in [-0.1, -0.05) is 78.3 Å². The van der Waals surface area contributed by atoms with E-state index in [9.17, 15) is 8.42 Å². The van der Waals surface area contributed by atoms with Gasteiger partial charge in [-0.15, -0.1) is 11.3 Å². The highest BCUT2D eigenvalue weighted by molar-refractivity contribution is 7.92. The van der Waals surface area contributed by atoms with Crippen LogP contribution in [-0.2, 0) is 18.7 Å². The van der Waals surface area contributed by atoms with E-state index in [2.05, 4.69) is 111 Å². The summed E-state index contributed by atoms with van der Waals surface area (Å²) >= 11 is 1.65. The molecule has 0 saturated carbocycles. The summed E-state index contributed by atoms with van der Waals surface area (Å²) in [6.07, 6.45) is 5.93. The van der Waals surface area contributed by atoms with Gasteiger partial charge in [-0.3, -0.25) is 0 Å². The molecule has 0 saturated heterocycles. The summed E-state index contributed by atoms with van der Waals surface area (Å²) in [6.45, 7) is 31.5. The number of rotatable bonds is 15. The van der Waals surface area contributed by atoms with E-state index in [-0.39, 0.29) is 22.1 Å². The molecular weight excluding hydrogens is 631 g/mol. The summed E-state index contributed by atoms with van der Waals surface area (Å²) in [4.78, 5) is 5.03. The van der Waals surface area contributed by atoms with Crippen molar-refractivity contribution in [2.75, 3.05) is 6.61 Å². The number of aromatic nitrogens is 1. The number of aryl methyl sites for hydroxylation is 1. The predicted molar refractivity (Wildman–Crippen MR) is 200 cm³/mol. The average Bonchev–Trinajstić information content (AvgIpc) is 3.32. The van der Waals surface area contributed by atoms with Crippen molar-refractivity contribution in [2.45, 2.75) is 141 Å². The molecule has 2 rings (SSSR count). The summed E-state index contributed by atoms with van der Waals surface area (Å²) in [7, 11) is -7.56. The van der Waals surface area contributed by atoms with E-state index in [1.807, 2.05) is 13.0 Å². The van der Waals surface area contributed by atoms with E-state index in [0.717, 1.165) is 21.8 Å².